The Morgan fingerprint density at radius 2 is 1.68 bits per heavy atom. The van der Waals surface area contributed by atoms with E-state index in [9.17, 15) is 9.59 Å². The fourth-order valence-corrected chi connectivity index (χ4v) is 3.56. The van der Waals surface area contributed by atoms with Gasteiger partial charge in [0.1, 0.15) is 0 Å². The molecule has 34 heavy (non-hydrogen) atoms. The molecule has 3 rings (SSSR count). The number of rotatable bonds is 7. The molecule has 0 unspecified atom stereocenters. The van der Waals surface area contributed by atoms with Crippen LogP contribution in [0.15, 0.2) is 78.9 Å². The molecule has 3 aromatic rings. The molecule has 7 nitrogen and oxygen atoms in total. The number of urea groups is 1. The third kappa shape index (κ3) is 6.93. The van der Waals surface area contributed by atoms with Crippen molar-refractivity contribution in [3.8, 4) is 5.69 Å². The van der Waals surface area contributed by atoms with Crippen molar-refractivity contribution in [3.63, 3.8) is 0 Å². The van der Waals surface area contributed by atoms with Crippen molar-refractivity contribution in [2.24, 2.45) is 11.1 Å². The molecular weight excluding hydrogens is 426 g/mol. The molecule has 0 radical (unpaired) electrons. The summed E-state index contributed by atoms with van der Waals surface area (Å²) in [5.74, 6) is 0.143. The number of primary amides is 1. The minimum Gasteiger partial charge on any atom is -0.366 e. The average molecular weight is 459 g/mol. The monoisotopic (exact) mass is 458 g/mol. The number of benzene rings is 2. The Balaban J connectivity index is 1.76. The molecule has 0 saturated carbocycles. The summed E-state index contributed by atoms with van der Waals surface area (Å²) in [4.78, 5) is 23.8. The van der Waals surface area contributed by atoms with Gasteiger partial charge in [-0.25, -0.2) is 9.89 Å². The summed E-state index contributed by atoms with van der Waals surface area (Å²) in [5, 5.41) is 9.22. The van der Waals surface area contributed by atoms with Crippen LogP contribution in [0.5, 0.6) is 0 Å². The quantitative estimate of drug-likeness (QED) is 0.228. The molecule has 0 aliphatic rings. The zero-order valence-corrected chi connectivity index (χ0v) is 20.1. The average Bonchev–Trinajstić information content (AvgIpc) is 3.15. The molecule has 2 aromatic carbocycles. The lowest BCUT2D eigenvalue weighted by Crippen LogP contribution is -2.38. The van der Waals surface area contributed by atoms with Crippen LogP contribution in [0.1, 0.15) is 39.0 Å². The van der Waals surface area contributed by atoms with Crippen LogP contribution < -0.4 is 21.0 Å². The number of carbonyl (C=O) groups excluding carboxylic acids is 2. The summed E-state index contributed by atoms with van der Waals surface area (Å²) in [7, 11) is 0. The van der Waals surface area contributed by atoms with E-state index in [1.54, 1.807) is 6.08 Å². The molecule has 0 aliphatic carbocycles. The Kier molecular flexibility index (Phi) is 7.68. The van der Waals surface area contributed by atoms with Crippen molar-refractivity contribution in [1.82, 2.24) is 5.10 Å². The Bertz CT molecular complexity index is 1200. The fraction of sp³-hybridized carbons (Fsp3) is 0.222. The topological polar surface area (TPSA) is 104 Å². The van der Waals surface area contributed by atoms with Crippen molar-refractivity contribution in [1.29, 1.82) is 0 Å². The largest absolute Gasteiger partial charge is 0.411 e. The number of H-pyrrole nitrogens is 1. The van der Waals surface area contributed by atoms with Crippen LogP contribution in [0.4, 0.5) is 16.3 Å². The van der Waals surface area contributed by atoms with Crippen LogP contribution >= 0.6 is 0 Å². The summed E-state index contributed by atoms with van der Waals surface area (Å²) in [6.07, 6.45) is 5.71. The number of aromatic nitrogens is 2. The van der Waals surface area contributed by atoms with Crippen molar-refractivity contribution < 1.29 is 14.3 Å². The van der Waals surface area contributed by atoms with Gasteiger partial charge < -0.3 is 5.73 Å². The van der Waals surface area contributed by atoms with Crippen molar-refractivity contribution >= 4 is 29.0 Å². The van der Waals surface area contributed by atoms with Crippen molar-refractivity contribution in [2.75, 3.05) is 10.6 Å². The van der Waals surface area contributed by atoms with Crippen LogP contribution in [0.2, 0.25) is 0 Å². The summed E-state index contributed by atoms with van der Waals surface area (Å²) < 4.78 is 1.87. The van der Waals surface area contributed by atoms with Gasteiger partial charge in [-0.2, -0.15) is 5.32 Å². The minimum atomic E-state index is -0.502. The number of carbonyl (C=O) groups is 2. The van der Waals surface area contributed by atoms with E-state index in [1.807, 2.05) is 78.3 Å². The second-order valence-electron chi connectivity index (χ2n) is 9.21. The van der Waals surface area contributed by atoms with E-state index in [4.69, 9.17) is 5.73 Å². The molecule has 3 amide bonds. The van der Waals surface area contributed by atoms with Gasteiger partial charge in [0.05, 0.1) is 11.8 Å². The number of nitrogens with zero attached hydrogens (tertiary/aromatic N) is 1. The molecule has 0 aliphatic heterocycles. The normalized spacial score (nSPS) is 12.1. The third-order valence-electron chi connectivity index (χ3n) is 5.00. The van der Waals surface area contributed by atoms with E-state index >= 15 is 0 Å². The lowest BCUT2D eigenvalue weighted by Gasteiger charge is -2.15. The number of amides is 3. The van der Waals surface area contributed by atoms with Gasteiger partial charge in [-0.1, -0.05) is 57.2 Å². The zero-order valence-electron chi connectivity index (χ0n) is 20.1. The first-order valence-corrected chi connectivity index (χ1v) is 11.2. The molecule has 0 atom stereocenters. The highest BCUT2D eigenvalue weighted by atomic mass is 16.2. The number of anilines is 2. The minimum absolute atomic E-state index is 0.0963. The van der Waals surface area contributed by atoms with E-state index in [0.29, 0.717) is 11.5 Å². The summed E-state index contributed by atoms with van der Waals surface area (Å²) in [5.41, 5.74) is 9.64. The number of allylic oxidation sites excluding steroid dienone is 3. The van der Waals surface area contributed by atoms with E-state index < -0.39 is 5.91 Å². The highest BCUT2D eigenvalue weighted by molar-refractivity contribution is 5.99. The SMILES string of the molecule is CC=C(C=CC(N)=O)c1ccc(NC(=O)Nc2cc(CC(C)(C)C)[nH][n+]2-c2ccccc2)cc1. The molecular formula is C27H32N5O2+. The first-order valence-electron chi connectivity index (χ1n) is 11.2. The number of hydrogen-bond donors (Lipinski definition) is 4. The molecule has 1 aromatic heterocycles. The van der Waals surface area contributed by atoms with E-state index in [2.05, 4.69) is 36.5 Å². The number of aromatic amines is 1. The first kappa shape index (κ1) is 24.5. The van der Waals surface area contributed by atoms with Crippen molar-refractivity contribution in [3.05, 3.63) is 90.1 Å². The lowest BCUT2D eigenvalue weighted by molar-refractivity contribution is -0.641. The number of para-hydroxylation sites is 1. The highest BCUT2D eigenvalue weighted by Gasteiger charge is 2.22. The smallest absolute Gasteiger partial charge is 0.366 e. The molecule has 0 spiro atoms. The van der Waals surface area contributed by atoms with Gasteiger partial charge in [0.2, 0.25) is 5.91 Å². The van der Waals surface area contributed by atoms with Crippen LogP contribution in [0.25, 0.3) is 11.3 Å². The maximum Gasteiger partial charge on any atom is 0.411 e. The van der Waals surface area contributed by atoms with Gasteiger partial charge >= 0.3 is 11.8 Å². The third-order valence-corrected chi connectivity index (χ3v) is 5.00. The fourth-order valence-electron chi connectivity index (χ4n) is 3.56. The number of nitrogens with two attached hydrogens (primary N) is 1. The van der Waals surface area contributed by atoms with E-state index in [-0.39, 0.29) is 11.4 Å². The Hall–Kier alpha value is -4.13. The van der Waals surface area contributed by atoms with Crippen LogP contribution in [-0.2, 0) is 11.2 Å². The molecule has 7 heteroatoms. The molecule has 0 fully saturated rings. The highest BCUT2D eigenvalue weighted by Crippen LogP contribution is 2.22. The molecule has 1 heterocycles. The second-order valence-corrected chi connectivity index (χ2v) is 9.21. The lowest BCUT2D eigenvalue weighted by atomic mass is 9.91. The predicted molar refractivity (Wildman–Crippen MR) is 137 cm³/mol. The molecule has 176 valence electrons. The van der Waals surface area contributed by atoms with Crippen LogP contribution in [-0.4, -0.2) is 17.0 Å². The van der Waals surface area contributed by atoms with Crippen LogP contribution in [0, 0.1) is 5.41 Å². The Labute approximate surface area is 200 Å². The zero-order chi connectivity index (χ0) is 24.7. The maximum absolute atomic E-state index is 12.8. The number of nitrogens with one attached hydrogen (secondary N) is 3. The molecule has 0 saturated heterocycles. The van der Waals surface area contributed by atoms with Gasteiger partial charge in [0.15, 0.2) is 5.69 Å². The second kappa shape index (κ2) is 10.7. The first-order chi connectivity index (χ1) is 16.1. The summed E-state index contributed by atoms with van der Waals surface area (Å²) in [6.45, 7) is 8.40. The van der Waals surface area contributed by atoms with Gasteiger partial charge in [-0.05, 0) is 60.2 Å². The molecule has 5 N–H and O–H groups in total. The van der Waals surface area contributed by atoms with Gasteiger partial charge in [0, 0.05) is 11.8 Å². The predicted octanol–water partition coefficient (Wildman–Crippen LogP) is 4.97. The van der Waals surface area contributed by atoms with Crippen molar-refractivity contribution in [2.45, 2.75) is 34.1 Å². The standard InChI is InChI=1S/C27H31N5O2/c1-5-19(13-16-24(28)33)20-11-14-21(15-12-20)29-26(34)30-25-17-22(18-27(2,3)4)31-32(25)23-9-7-6-8-10-23/h5-17H,18H2,1-4H3,(H4,28,29,30,31,33,34)/p+1. The van der Waals surface area contributed by atoms with Gasteiger partial charge in [0.25, 0.3) is 0 Å². The maximum atomic E-state index is 12.8. The van der Waals surface area contributed by atoms with Gasteiger partial charge in [-0.15, -0.1) is 4.68 Å². The summed E-state index contributed by atoms with van der Waals surface area (Å²) in [6, 6.07) is 18.8. The van der Waals surface area contributed by atoms with E-state index in [0.717, 1.165) is 28.9 Å². The Morgan fingerprint density at radius 1 is 1.00 bits per heavy atom. The summed E-state index contributed by atoms with van der Waals surface area (Å²) >= 11 is 0. The van der Waals surface area contributed by atoms with Gasteiger partial charge in [-0.3, -0.25) is 10.1 Å². The molecule has 0 bridgehead atoms. The van der Waals surface area contributed by atoms with E-state index in [1.165, 1.54) is 6.08 Å². The number of hydrogen-bond acceptors (Lipinski definition) is 2. The van der Waals surface area contributed by atoms with Crippen LogP contribution in [0.3, 0.4) is 0 Å². The Morgan fingerprint density at radius 3 is 2.26 bits per heavy atom.